The van der Waals surface area contributed by atoms with Gasteiger partial charge < -0.3 is 15.8 Å². The zero-order valence-corrected chi connectivity index (χ0v) is 13.2. The van der Waals surface area contributed by atoms with Gasteiger partial charge in [-0.15, -0.1) is 23.1 Å². The van der Waals surface area contributed by atoms with Crippen LogP contribution in [0.5, 0.6) is 0 Å². The third-order valence-corrected chi connectivity index (χ3v) is 5.91. The Labute approximate surface area is 122 Å². The monoisotopic (exact) mass is 300 g/mol. The Morgan fingerprint density at radius 3 is 2.74 bits per heavy atom. The van der Waals surface area contributed by atoms with Crippen molar-refractivity contribution in [2.75, 3.05) is 31.0 Å². The van der Waals surface area contributed by atoms with E-state index in [0.29, 0.717) is 16.0 Å². The van der Waals surface area contributed by atoms with Gasteiger partial charge in [-0.05, 0) is 30.9 Å². The van der Waals surface area contributed by atoms with Gasteiger partial charge in [-0.25, -0.2) is 4.79 Å². The topological polar surface area (TPSA) is 64.3 Å². The summed E-state index contributed by atoms with van der Waals surface area (Å²) in [6.07, 6.45) is 5.74. The Morgan fingerprint density at radius 1 is 1.58 bits per heavy atom. The molecule has 1 saturated carbocycles. The lowest BCUT2D eigenvalue weighted by Crippen LogP contribution is -2.13. The number of anilines is 2. The van der Waals surface area contributed by atoms with E-state index in [1.54, 1.807) is 11.8 Å². The second kappa shape index (κ2) is 5.63. The average molecular weight is 300 g/mol. The van der Waals surface area contributed by atoms with E-state index in [1.165, 1.54) is 37.7 Å². The van der Waals surface area contributed by atoms with Crippen molar-refractivity contribution < 1.29 is 9.53 Å². The van der Waals surface area contributed by atoms with Crippen LogP contribution in [0.3, 0.4) is 0 Å². The molecule has 0 spiro atoms. The molecule has 1 aliphatic rings. The molecule has 4 nitrogen and oxygen atoms in total. The van der Waals surface area contributed by atoms with Crippen LogP contribution in [0.4, 0.5) is 10.7 Å². The van der Waals surface area contributed by atoms with Gasteiger partial charge in [0.1, 0.15) is 9.88 Å². The van der Waals surface area contributed by atoms with Crippen molar-refractivity contribution in [1.82, 2.24) is 0 Å². The molecule has 0 aliphatic heterocycles. The lowest BCUT2D eigenvalue weighted by atomic mass is 10.0. The fraction of sp³-hybridized carbons (Fsp3) is 0.615. The molecule has 0 saturated heterocycles. The Bertz CT molecular complexity index is 481. The van der Waals surface area contributed by atoms with E-state index in [4.69, 9.17) is 10.5 Å². The third kappa shape index (κ3) is 2.84. The Balaban J connectivity index is 2.17. The van der Waals surface area contributed by atoms with Crippen LogP contribution in [0.25, 0.3) is 0 Å². The first kappa shape index (κ1) is 14.5. The summed E-state index contributed by atoms with van der Waals surface area (Å²) < 4.78 is 4.76. The first-order valence-electron chi connectivity index (χ1n) is 6.35. The Morgan fingerprint density at radius 2 is 2.26 bits per heavy atom. The van der Waals surface area contributed by atoms with Crippen LogP contribution in [0.1, 0.15) is 35.9 Å². The van der Waals surface area contributed by atoms with Crippen LogP contribution in [0.15, 0.2) is 4.90 Å². The first-order chi connectivity index (χ1) is 9.06. The minimum atomic E-state index is -0.359. The predicted molar refractivity (Wildman–Crippen MR) is 82.3 cm³/mol. The number of nitrogens with one attached hydrogen (secondary N) is 1. The van der Waals surface area contributed by atoms with Gasteiger partial charge in [0.15, 0.2) is 0 Å². The van der Waals surface area contributed by atoms with Crippen molar-refractivity contribution in [3.8, 4) is 0 Å². The molecule has 1 aliphatic carbocycles. The number of hydrogen-bond acceptors (Lipinski definition) is 6. The fourth-order valence-corrected chi connectivity index (χ4v) is 4.04. The molecule has 1 heterocycles. The molecule has 6 heteroatoms. The van der Waals surface area contributed by atoms with Gasteiger partial charge in [-0.1, -0.05) is 6.92 Å². The summed E-state index contributed by atoms with van der Waals surface area (Å²) in [5.41, 5.74) is 7.02. The number of carbonyl (C=O) groups is 1. The zero-order valence-electron chi connectivity index (χ0n) is 11.5. The fourth-order valence-electron chi connectivity index (χ4n) is 2.09. The molecule has 3 N–H and O–H groups in total. The molecule has 19 heavy (non-hydrogen) atoms. The van der Waals surface area contributed by atoms with Crippen LogP contribution >= 0.6 is 23.1 Å². The summed E-state index contributed by atoms with van der Waals surface area (Å²) in [4.78, 5) is 13.1. The second-order valence-corrected chi connectivity index (χ2v) is 6.74. The summed E-state index contributed by atoms with van der Waals surface area (Å²) in [7, 11) is 1.38. The molecule has 1 aromatic heterocycles. The smallest absolute Gasteiger partial charge is 0.350 e. The van der Waals surface area contributed by atoms with Gasteiger partial charge in [0.2, 0.25) is 0 Å². The second-order valence-electron chi connectivity index (χ2n) is 4.91. The highest BCUT2D eigenvalue weighted by Crippen LogP contribution is 2.50. The van der Waals surface area contributed by atoms with Gasteiger partial charge >= 0.3 is 5.97 Å². The average Bonchev–Trinajstić information content (AvgIpc) is 3.14. The van der Waals surface area contributed by atoms with Crippen molar-refractivity contribution in [3.05, 3.63) is 4.88 Å². The van der Waals surface area contributed by atoms with Crippen molar-refractivity contribution >= 4 is 39.8 Å². The Kier molecular flexibility index (Phi) is 4.30. The highest BCUT2D eigenvalue weighted by molar-refractivity contribution is 7.99. The van der Waals surface area contributed by atoms with Crippen molar-refractivity contribution in [2.45, 2.75) is 31.1 Å². The lowest BCUT2D eigenvalue weighted by Gasteiger charge is -2.14. The summed E-state index contributed by atoms with van der Waals surface area (Å²) >= 11 is 2.96. The van der Waals surface area contributed by atoms with Gasteiger partial charge in [0.25, 0.3) is 0 Å². The largest absolute Gasteiger partial charge is 0.465 e. The van der Waals surface area contributed by atoms with Crippen LogP contribution < -0.4 is 11.1 Å². The number of rotatable bonds is 6. The van der Waals surface area contributed by atoms with E-state index < -0.39 is 0 Å². The molecule has 0 aromatic carbocycles. The number of nitrogen functional groups attached to an aromatic ring is 1. The Hall–Kier alpha value is -0.880. The molecule has 106 valence electrons. The zero-order chi connectivity index (χ0) is 14.0. The number of methoxy groups -OCH3 is 1. The highest BCUT2D eigenvalue weighted by Gasteiger charge is 2.40. The number of thiophene rings is 1. The molecule has 1 aromatic rings. The summed E-state index contributed by atoms with van der Waals surface area (Å²) in [5, 5.41) is 4.46. The number of esters is 1. The van der Waals surface area contributed by atoms with Crippen molar-refractivity contribution in [2.24, 2.45) is 5.41 Å². The van der Waals surface area contributed by atoms with E-state index >= 15 is 0 Å². The quantitative estimate of drug-likeness (QED) is 0.622. The standard InChI is InChI=1S/C13H20N2O2S2/c1-4-13(5-6-13)7-15-11-9(18-3)8(14)10(19-11)12(16)17-2/h15H,4-7,14H2,1-3H3. The van der Waals surface area contributed by atoms with Gasteiger partial charge in [-0.3, -0.25) is 0 Å². The molecule has 1 fully saturated rings. The number of nitrogens with two attached hydrogens (primary N) is 1. The molecule has 0 unspecified atom stereocenters. The van der Waals surface area contributed by atoms with E-state index in [9.17, 15) is 4.79 Å². The lowest BCUT2D eigenvalue weighted by molar-refractivity contribution is 0.0607. The molecule has 0 amide bonds. The minimum Gasteiger partial charge on any atom is -0.465 e. The maximum absolute atomic E-state index is 11.7. The number of thioether (sulfide) groups is 1. The van der Waals surface area contributed by atoms with Crippen molar-refractivity contribution in [3.63, 3.8) is 0 Å². The summed E-state index contributed by atoms with van der Waals surface area (Å²) in [6, 6.07) is 0. The van der Waals surface area contributed by atoms with E-state index in [-0.39, 0.29) is 5.97 Å². The van der Waals surface area contributed by atoms with E-state index in [0.717, 1.165) is 16.4 Å². The van der Waals surface area contributed by atoms with Crippen LogP contribution in [0, 0.1) is 5.41 Å². The molecule has 0 bridgehead atoms. The summed E-state index contributed by atoms with van der Waals surface area (Å²) in [6.45, 7) is 3.18. The normalized spacial score (nSPS) is 16.2. The molecular formula is C13H20N2O2S2. The number of ether oxygens (including phenoxy) is 1. The van der Waals surface area contributed by atoms with E-state index in [1.807, 2.05) is 6.26 Å². The summed E-state index contributed by atoms with van der Waals surface area (Å²) in [5.74, 6) is -0.359. The van der Waals surface area contributed by atoms with E-state index in [2.05, 4.69) is 12.2 Å². The third-order valence-electron chi connectivity index (χ3n) is 3.81. The minimum absolute atomic E-state index is 0.359. The maximum atomic E-state index is 11.7. The molecule has 0 radical (unpaired) electrons. The van der Waals surface area contributed by atoms with Gasteiger partial charge in [-0.2, -0.15) is 0 Å². The van der Waals surface area contributed by atoms with Crippen LogP contribution in [-0.4, -0.2) is 25.9 Å². The van der Waals surface area contributed by atoms with Gasteiger partial charge in [0, 0.05) is 6.54 Å². The maximum Gasteiger partial charge on any atom is 0.350 e. The van der Waals surface area contributed by atoms with Crippen LogP contribution in [-0.2, 0) is 4.74 Å². The van der Waals surface area contributed by atoms with Crippen molar-refractivity contribution in [1.29, 1.82) is 0 Å². The highest BCUT2D eigenvalue weighted by atomic mass is 32.2. The number of hydrogen-bond donors (Lipinski definition) is 2. The number of carbonyl (C=O) groups excluding carboxylic acids is 1. The molecular weight excluding hydrogens is 280 g/mol. The molecule has 2 rings (SSSR count). The van der Waals surface area contributed by atoms with Gasteiger partial charge in [0.05, 0.1) is 17.7 Å². The first-order valence-corrected chi connectivity index (χ1v) is 8.39. The van der Waals surface area contributed by atoms with Crippen LogP contribution in [0.2, 0.25) is 0 Å². The SMILES string of the molecule is CCC1(CNc2sc(C(=O)OC)c(N)c2SC)CC1. The predicted octanol–water partition coefficient (Wildman–Crippen LogP) is 3.44. The molecule has 0 atom stereocenters.